The van der Waals surface area contributed by atoms with Crippen molar-refractivity contribution in [2.45, 2.75) is 12.8 Å². The van der Waals surface area contributed by atoms with E-state index in [-0.39, 0.29) is 20.3 Å². The minimum atomic E-state index is -0.533. The average molecular weight is 448 g/mol. The highest BCUT2D eigenvalue weighted by atomic mass is 79.9. The molecular formula is C16H14BrCl2FN4O. The van der Waals surface area contributed by atoms with E-state index in [1.807, 2.05) is 0 Å². The summed E-state index contributed by atoms with van der Waals surface area (Å²) in [6, 6.07) is 1.68. The zero-order valence-electron chi connectivity index (χ0n) is 13.3. The van der Waals surface area contributed by atoms with Crippen molar-refractivity contribution in [3.63, 3.8) is 0 Å². The largest absolute Gasteiger partial charge is 0.399 e. The fourth-order valence-electron chi connectivity index (χ4n) is 3.81. The number of benzene rings is 1. The van der Waals surface area contributed by atoms with Crippen molar-refractivity contribution >= 4 is 61.6 Å². The summed E-state index contributed by atoms with van der Waals surface area (Å²) in [6.07, 6.45) is 2.11. The zero-order chi connectivity index (χ0) is 17.7. The van der Waals surface area contributed by atoms with Gasteiger partial charge in [-0.15, -0.1) is 0 Å². The molecule has 0 N–H and O–H groups in total. The Morgan fingerprint density at radius 1 is 1.28 bits per heavy atom. The Morgan fingerprint density at radius 2 is 1.96 bits per heavy atom. The number of hydrogen-bond donors (Lipinski definition) is 0. The second-order valence-corrected chi connectivity index (χ2v) is 7.81. The average Bonchev–Trinajstić information content (AvgIpc) is 2.82. The predicted octanol–water partition coefficient (Wildman–Crippen LogP) is 4.69. The molecule has 5 nitrogen and oxygen atoms in total. The van der Waals surface area contributed by atoms with Crippen molar-refractivity contribution in [3.05, 3.63) is 26.7 Å². The molecule has 2 aliphatic rings. The van der Waals surface area contributed by atoms with Crippen LogP contribution in [0.4, 0.5) is 10.2 Å². The third-order valence-corrected chi connectivity index (χ3v) is 6.33. The monoisotopic (exact) mass is 446 g/mol. The third-order valence-electron chi connectivity index (χ3n) is 4.86. The molecule has 0 spiro atoms. The Bertz CT molecular complexity index is 878. The summed E-state index contributed by atoms with van der Waals surface area (Å²) in [5.41, 5.74) is 1.27. The molecule has 0 radical (unpaired) electrons. The Labute approximate surface area is 162 Å². The second-order valence-electron chi connectivity index (χ2n) is 6.27. The summed E-state index contributed by atoms with van der Waals surface area (Å²) in [5, 5.41) is 5.05. The molecule has 1 saturated heterocycles. The number of halogens is 4. The molecule has 9 heteroatoms. The number of rotatable bonds is 2. The van der Waals surface area contributed by atoms with Crippen LogP contribution >= 0.6 is 39.1 Å². The first-order valence-electron chi connectivity index (χ1n) is 7.86. The van der Waals surface area contributed by atoms with Gasteiger partial charge in [-0.3, -0.25) is 0 Å². The second kappa shape index (κ2) is 6.52. The van der Waals surface area contributed by atoms with Crippen LogP contribution in [0, 0.1) is 17.7 Å². The van der Waals surface area contributed by atoms with Crippen LogP contribution in [0.3, 0.4) is 0 Å². The Hall–Kier alpha value is -1.18. The Kier molecular flexibility index (Phi) is 4.50. The maximum Gasteiger partial charge on any atom is 0.225 e. The molecule has 2 fully saturated rings. The van der Waals surface area contributed by atoms with Gasteiger partial charge in [-0.05, 0) is 46.4 Å². The number of hydrogen-bond acceptors (Lipinski definition) is 5. The number of nitrogens with zero attached hydrogens (tertiary/aromatic N) is 4. The molecule has 2 aromatic rings. The first-order valence-corrected chi connectivity index (χ1v) is 9.41. The molecule has 1 saturated carbocycles. The van der Waals surface area contributed by atoms with Crippen LogP contribution in [0.1, 0.15) is 12.8 Å². The number of aromatic nitrogens is 2. The highest BCUT2D eigenvalue weighted by molar-refractivity contribution is 9.10. The van der Waals surface area contributed by atoms with Crippen LogP contribution in [0.25, 0.3) is 10.9 Å². The van der Waals surface area contributed by atoms with Crippen molar-refractivity contribution in [2.24, 2.45) is 17.0 Å². The minimum absolute atomic E-state index is 0.0133. The molecule has 2 unspecified atom stereocenters. The fourth-order valence-corrected chi connectivity index (χ4v) is 4.47. The molecule has 0 amide bonds. The minimum Gasteiger partial charge on any atom is -0.399 e. The summed E-state index contributed by atoms with van der Waals surface area (Å²) in [7, 11) is 1.57. The number of anilines is 1. The molecule has 1 aromatic heterocycles. The molecule has 1 aromatic carbocycles. The SMILES string of the molecule is CON=C1C2CCC1CN(c1nc(Cl)nc3c(F)c(Br)c(Cl)cc13)C2. The summed E-state index contributed by atoms with van der Waals surface area (Å²) < 4.78 is 14.8. The van der Waals surface area contributed by atoms with E-state index in [4.69, 9.17) is 28.0 Å². The van der Waals surface area contributed by atoms with E-state index in [0.29, 0.717) is 23.0 Å². The van der Waals surface area contributed by atoms with Gasteiger partial charge in [0.1, 0.15) is 18.4 Å². The maximum absolute atomic E-state index is 14.6. The first kappa shape index (κ1) is 17.2. The summed E-state index contributed by atoms with van der Waals surface area (Å²) >= 11 is 15.4. The van der Waals surface area contributed by atoms with Gasteiger partial charge in [0.2, 0.25) is 5.28 Å². The van der Waals surface area contributed by atoms with Crippen LogP contribution in [-0.2, 0) is 4.84 Å². The standard InChI is InChI=1S/C16H14BrCl2FN4O/c1-25-23-13-7-2-3-8(13)6-24(5-7)15-9-4-10(18)11(17)12(20)14(9)21-16(19)22-15/h4,7-8H,2-3,5-6H2,1H3. The van der Waals surface area contributed by atoms with E-state index in [1.165, 1.54) is 0 Å². The zero-order valence-corrected chi connectivity index (χ0v) is 16.4. The highest BCUT2D eigenvalue weighted by Gasteiger charge is 2.40. The molecule has 2 bridgehead atoms. The predicted molar refractivity (Wildman–Crippen MR) is 100 cm³/mol. The van der Waals surface area contributed by atoms with E-state index in [1.54, 1.807) is 13.2 Å². The molecule has 25 heavy (non-hydrogen) atoms. The van der Waals surface area contributed by atoms with Gasteiger partial charge in [0, 0.05) is 30.3 Å². The molecule has 4 rings (SSSR count). The normalized spacial score (nSPS) is 22.6. The van der Waals surface area contributed by atoms with E-state index in [0.717, 1.165) is 31.6 Å². The molecule has 1 aliphatic heterocycles. The van der Waals surface area contributed by atoms with Crippen LogP contribution in [0.5, 0.6) is 0 Å². The Morgan fingerprint density at radius 3 is 2.60 bits per heavy atom. The molecular weight excluding hydrogens is 434 g/mol. The summed E-state index contributed by atoms with van der Waals surface area (Å²) in [6.45, 7) is 1.47. The van der Waals surface area contributed by atoms with Crippen LogP contribution in [0.15, 0.2) is 15.7 Å². The summed E-state index contributed by atoms with van der Waals surface area (Å²) in [4.78, 5) is 15.5. The van der Waals surface area contributed by atoms with E-state index in [2.05, 4.69) is 36.0 Å². The lowest BCUT2D eigenvalue weighted by molar-refractivity contribution is 0.209. The third kappa shape index (κ3) is 2.86. The topological polar surface area (TPSA) is 50.6 Å². The van der Waals surface area contributed by atoms with Gasteiger partial charge in [0.15, 0.2) is 5.82 Å². The van der Waals surface area contributed by atoms with Gasteiger partial charge in [-0.2, -0.15) is 4.98 Å². The van der Waals surface area contributed by atoms with Gasteiger partial charge in [-0.1, -0.05) is 16.8 Å². The van der Waals surface area contributed by atoms with Crippen molar-refractivity contribution < 1.29 is 9.23 Å². The Balaban J connectivity index is 1.82. The molecule has 2 heterocycles. The molecule has 1 aliphatic carbocycles. The van der Waals surface area contributed by atoms with Gasteiger partial charge < -0.3 is 9.74 Å². The number of piperidine rings is 1. The van der Waals surface area contributed by atoms with Crippen molar-refractivity contribution in [1.82, 2.24) is 9.97 Å². The lowest BCUT2D eigenvalue weighted by Crippen LogP contribution is -2.43. The van der Waals surface area contributed by atoms with E-state index < -0.39 is 5.82 Å². The molecule has 2 atom stereocenters. The number of fused-ring (bicyclic) bond motifs is 3. The van der Waals surface area contributed by atoms with Crippen molar-refractivity contribution in [2.75, 3.05) is 25.1 Å². The first-order chi connectivity index (χ1) is 12.0. The quantitative estimate of drug-likeness (QED) is 0.380. The van der Waals surface area contributed by atoms with Crippen LogP contribution in [-0.4, -0.2) is 35.9 Å². The van der Waals surface area contributed by atoms with E-state index >= 15 is 0 Å². The molecule has 132 valence electrons. The van der Waals surface area contributed by atoms with Crippen molar-refractivity contribution in [1.29, 1.82) is 0 Å². The van der Waals surface area contributed by atoms with Crippen molar-refractivity contribution in [3.8, 4) is 0 Å². The van der Waals surface area contributed by atoms with Gasteiger partial charge >= 0.3 is 0 Å². The van der Waals surface area contributed by atoms with Gasteiger partial charge in [-0.25, -0.2) is 9.37 Å². The lowest BCUT2D eigenvalue weighted by atomic mass is 9.96. The maximum atomic E-state index is 14.6. The summed E-state index contributed by atoms with van der Waals surface area (Å²) in [5.74, 6) is 0.683. The highest BCUT2D eigenvalue weighted by Crippen LogP contribution is 2.40. The smallest absolute Gasteiger partial charge is 0.225 e. The van der Waals surface area contributed by atoms with Gasteiger partial charge in [0.05, 0.1) is 15.2 Å². The van der Waals surface area contributed by atoms with Crippen LogP contribution in [0.2, 0.25) is 10.3 Å². The number of oxime groups is 1. The van der Waals surface area contributed by atoms with Gasteiger partial charge in [0.25, 0.3) is 0 Å². The van der Waals surface area contributed by atoms with E-state index in [9.17, 15) is 4.39 Å². The van der Waals surface area contributed by atoms with Crippen LogP contribution < -0.4 is 4.90 Å². The lowest BCUT2D eigenvalue weighted by Gasteiger charge is -2.34. The fraction of sp³-hybridized carbons (Fsp3) is 0.438.